The summed E-state index contributed by atoms with van der Waals surface area (Å²) >= 11 is 0. The Balaban J connectivity index is 2.34. The molecule has 1 aromatic carbocycles. The van der Waals surface area contributed by atoms with Crippen LogP contribution in [0.4, 0.5) is 4.39 Å². The predicted octanol–water partition coefficient (Wildman–Crippen LogP) is 2.16. The van der Waals surface area contributed by atoms with Crippen LogP contribution in [-0.4, -0.2) is 24.4 Å². The van der Waals surface area contributed by atoms with E-state index in [-0.39, 0.29) is 5.82 Å². The number of ether oxygens (including phenoxy) is 1. The molecule has 0 aliphatic carbocycles. The Morgan fingerprint density at radius 1 is 1.47 bits per heavy atom. The van der Waals surface area contributed by atoms with E-state index in [1.165, 1.54) is 12.1 Å². The van der Waals surface area contributed by atoms with Crippen LogP contribution in [0.1, 0.15) is 18.9 Å². The summed E-state index contributed by atoms with van der Waals surface area (Å²) < 4.78 is 18.0. The lowest BCUT2D eigenvalue weighted by Crippen LogP contribution is -2.18. The second-order valence-corrected chi connectivity index (χ2v) is 3.56. The van der Waals surface area contributed by atoms with Crippen molar-refractivity contribution in [2.45, 2.75) is 25.9 Å². The Morgan fingerprint density at radius 2 is 2.27 bits per heavy atom. The number of rotatable bonds is 6. The zero-order valence-corrected chi connectivity index (χ0v) is 8.95. The highest BCUT2D eigenvalue weighted by atomic mass is 19.1. The predicted molar refractivity (Wildman–Crippen MR) is 57.2 cm³/mol. The van der Waals surface area contributed by atoms with Crippen molar-refractivity contribution in [1.82, 2.24) is 0 Å². The molecular formula is C12H17FO2. The minimum Gasteiger partial charge on any atom is -0.390 e. The molecule has 0 aliphatic rings. The maximum Gasteiger partial charge on any atom is 0.123 e. The molecule has 0 radical (unpaired) electrons. The maximum absolute atomic E-state index is 12.8. The fourth-order valence-electron chi connectivity index (χ4n) is 1.36. The first-order valence-electron chi connectivity index (χ1n) is 5.22. The first-order valence-corrected chi connectivity index (χ1v) is 5.22. The maximum atomic E-state index is 12.8. The average molecular weight is 212 g/mol. The SMILES string of the molecule is CCCOCC(O)Cc1cccc(F)c1. The van der Waals surface area contributed by atoms with Gasteiger partial charge in [0, 0.05) is 13.0 Å². The number of aliphatic hydroxyl groups excluding tert-OH is 1. The van der Waals surface area contributed by atoms with Crippen LogP contribution in [0.2, 0.25) is 0 Å². The van der Waals surface area contributed by atoms with Crippen molar-refractivity contribution in [3.05, 3.63) is 35.6 Å². The van der Waals surface area contributed by atoms with Crippen molar-refractivity contribution in [1.29, 1.82) is 0 Å². The van der Waals surface area contributed by atoms with E-state index < -0.39 is 6.10 Å². The molecule has 2 nitrogen and oxygen atoms in total. The van der Waals surface area contributed by atoms with E-state index >= 15 is 0 Å². The van der Waals surface area contributed by atoms with Gasteiger partial charge in [0.05, 0.1) is 12.7 Å². The Morgan fingerprint density at radius 3 is 2.93 bits per heavy atom. The first kappa shape index (κ1) is 12.1. The summed E-state index contributed by atoms with van der Waals surface area (Å²) in [5.41, 5.74) is 0.794. The molecule has 0 fully saturated rings. The summed E-state index contributed by atoms with van der Waals surface area (Å²) in [7, 11) is 0. The minimum absolute atomic E-state index is 0.269. The van der Waals surface area contributed by atoms with Gasteiger partial charge < -0.3 is 9.84 Å². The van der Waals surface area contributed by atoms with Crippen LogP contribution < -0.4 is 0 Å². The molecular weight excluding hydrogens is 195 g/mol. The lowest BCUT2D eigenvalue weighted by Gasteiger charge is -2.10. The monoisotopic (exact) mass is 212 g/mol. The van der Waals surface area contributed by atoms with Crippen LogP contribution >= 0.6 is 0 Å². The number of hydrogen-bond acceptors (Lipinski definition) is 2. The van der Waals surface area contributed by atoms with Crippen molar-refractivity contribution in [2.75, 3.05) is 13.2 Å². The van der Waals surface area contributed by atoms with Crippen LogP contribution in [0, 0.1) is 5.82 Å². The summed E-state index contributed by atoms with van der Waals surface area (Å²) in [6.07, 6.45) is 0.812. The Labute approximate surface area is 89.7 Å². The molecule has 0 aliphatic heterocycles. The van der Waals surface area contributed by atoms with Crippen molar-refractivity contribution < 1.29 is 14.2 Å². The summed E-state index contributed by atoms with van der Waals surface area (Å²) in [6.45, 7) is 2.98. The molecule has 0 aromatic heterocycles. The third-order valence-corrected chi connectivity index (χ3v) is 2.02. The first-order chi connectivity index (χ1) is 7.22. The highest BCUT2D eigenvalue weighted by Gasteiger charge is 2.05. The lowest BCUT2D eigenvalue weighted by molar-refractivity contribution is 0.0374. The smallest absolute Gasteiger partial charge is 0.123 e. The van der Waals surface area contributed by atoms with Crippen LogP contribution in [0.5, 0.6) is 0 Å². The van der Waals surface area contributed by atoms with Gasteiger partial charge in [-0.05, 0) is 24.1 Å². The van der Waals surface area contributed by atoms with E-state index in [2.05, 4.69) is 0 Å². The zero-order valence-electron chi connectivity index (χ0n) is 8.95. The topological polar surface area (TPSA) is 29.5 Å². The number of hydrogen-bond donors (Lipinski definition) is 1. The normalized spacial score (nSPS) is 12.7. The van der Waals surface area contributed by atoms with E-state index in [1.807, 2.05) is 6.92 Å². The van der Waals surface area contributed by atoms with Gasteiger partial charge in [-0.3, -0.25) is 0 Å². The van der Waals surface area contributed by atoms with Gasteiger partial charge in [-0.2, -0.15) is 0 Å². The molecule has 0 amide bonds. The highest BCUT2D eigenvalue weighted by molar-refractivity contribution is 5.16. The fourth-order valence-corrected chi connectivity index (χ4v) is 1.36. The second kappa shape index (κ2) is 6.53. The highest BCUT2D eigenvalue weighted by Crippen LogP contribution is 2.06. The zero-order chi connectivity index (χ0) is 11.1. The third kappa shape index (κ3) is 4.91. The average Bonchev–Trinajstić information content (AvgIpc) is 2.18. The summed E-state index contributed by atoms with van der Waals surface area (Å²) in [4.78, 5) is 0. The lowest BCUT2D eigenvalue weighted by atomic mass is 10.1. The molecule has 1 rings (SSSR count). The van der Waals surface area contributed by atoms with E-state index in [4.69, 9.17) is 4.74 Å². The van der Waals surface area contributed by atoms with Crippen molar-refractivity contribution in [3.63, 3.8) is 0 Å². The Hall–Kier alpha value is -0.930. The molecule has 0 saturated carbocycles. The van der Waals surface area contributed by atoms with Crippen LogP contribution in [-0.2, 0) is 11.2 Å². The van der Waals surface area contributed by atoms with E-state index in [9.17, 15) is 9.50 Å². The summed E-state index contributed by atoms with van der Waals surface area (Å²) in [5, 5.41) is 9.57. The molecule has 0 saturated heterocycles. The van der Waals surface area contributed by atoms with Gasteiger partial charge >= 0.3 is 0 Å². The molecule has 84 valence electrons. The van der Waals surface area contributed by atoms with Gasteiger partial charge in [0.1, 0.15) is 5.82 Å². The van der Waals surface area contributed by atoms with Gasteiger partial charge in [0.15, 0.2) is 0 Å². The molecule has 1 atom stereocenters. The van der Waals surface area contributed by atoms with Crippen molar-refractivity contribution in [3.8, 4) is 0 Å². The Kier molecular flexibility index (Phi) is 5.29. The molecule has 0 heterocycles. The number of halogens is 1. The van der Waals surface area contributed by atoms with E-state index in [0.29, 0.717) is 19.6 Å². The van der Waals surface area contributed by atoms with Gasteiger partial charge in [-0.15, -0.1) is 0 Å². The molecule has 3 heteroatoms. The number of benzene rings is 1. The Bertz CT molecular complexity index is 289. The molecule has 1 aromatic rings. The van der Waals surface area contributed by atoms with Gasteiger partial charge in [0.25, 0.3) is 0 Å². The van der Waals surface area contributed by atoms with E-state index in [0.717, 1.165) is 12.0 Å². The van der Waals surface area contributed by atoms with E-state index in [1.54, 1.807) is 12.1 Å². The minimum atomic E-state index is -0.557. The standard InChI is InChI=1S/C12H17FO2/c1-2-6-15-9-12(14)8-10-4-3-5-11(13)7-10/h3-5,7,12,14H,2,6,8-9H2,1H3. The second-order valence-electron chi connectivity index (χ2n) is 3.56. The quantitative estimate of drug-likeness (QED) is 0.732. The third-order valence-electron chi connectivity index (χ3n) is 2.02. The molecule has 1 N–H and O–H groups in total. The summed E-state index contributed by atoms with van der Waals surface area (Å²) in [5.74, 6) is -0.269. The van der Waals surface area contributed by atoms with Crippen molar-refractivity contribution >= 4 is 0 Å². The largest absolute Gasteiger partial charge is 0.390 e. The van der Waals surface area contributed by atoms with Gasteiger partial charge in [0.2, 0.25) is 0 Å². The number of aliphatic hydroxyl groups is 1. The molecule has 0 bridgehead atoms. The van der Waals surface area contributed by atoms with Crippen molar-refractivity contribution in [2.24, 2.45) is 0 Å². The summed E-state index contributed by atoms with van der Waals surface area (Å²) in [6, 6.07) is 6.27. The molecule has 15 heavy (non-hydrogen) atoms. The van der Waals surface area contributed by atoms with Gasteiger partial charge in [-0.1, -0.05) is 19.1 Å². The van der Waals surface area contributed by atoms with Crippen LogP contribution in [0.25, 0.3) is 0 Å². The van der Waals surface area contributed by atoms with Crippen LogP contribution in [0.15, 0.2) is 24.3 Å². The van der Waals surface area contributed by atoms with Crippen LogP contribution in [0.3, 0.4) is 0 Å². The molecule has 0 spiro atoms. The molecule has 1 unspecified atom stereocenters. The fraction of sp³-hybridized carbons (Fsp3) is 0.500. The van der Waals surface area contributed by atoms with Gasteiger partial charge in [-0.25, -0.2) is 4.39 Å².